The number of ether oxygens (including phenoxy) is 3. The third-order valence-corrected chi connectivity index (χ3v) is 3.15. The van der Waals surface area contributed by atoms with E-state index in [-0.39, 0.29) is 18.1 Å². The highest BCUT2D eigenvalue weighted by Gasteiger charge is 2.29. The first-order chi connectivity index (χ1) is 12.3. The second-order valence-corrected chi connectivity index (χ2v) is 5.65. The van der Waals surface area contributed by atoms with Gasteiger partial charge >= 0.3 is 17.9 Å². The zero-order valence-electron chi connectivity index (χ0n) is 15.1. The molecule has 0 radical (unpaired) electrons. The predicted molar refractivity (Wildman–Crippen MR) is 92.7 cm³/mol. The number of nitrogens with zero attached hydrogens (tertiary/aromatic N) is 1. The average molecular weight is 359 g/mol. The Hall–Kier alpha value is -3.14. The Kier molecular flexibility index (Phi) is 8.03. The first kappa shape index (κ1) is 20.9. The van der Waals surface area contributed by atoms with Crippen LogP contribution in [0.25, 0.3) is 6.08 Å². The molecule has 0 N–H and O–H groups in total. The molecule has 1 aromatic carbocycles. The molecule has 0 saturated carbocycles. The molecule has 138 valence electrons. The number of carbonyl (C=O) groups excluding carboxylic acids is 3. The van der Waals surface area contributed by atoms with Crippen LogP contribution in [0.5, 0.6) is 5.75 Å². The second-order valence-electron chi connectivity index (χ2n) is 5.65. The van der Waals surface area contributed by atoms with Crippen molar-refractivity contribution in [2.24, 2.45) is 5.92 Å². The molecule has 0 unspecified atom stereocenters. The first-order valence-electron chi connectivity index (χ1n) is 8.06. The number of nitriles is 1. The van der Waals surface area contributed by atoms with Gasteiger partial charge in [-0.15, -0.1) is 0 Å². The summed E-state index contributed by atoms with van der Waals surface area (Å²) in [7, 11) is 0. The van der Waals surface area contributed by atoms with Gasteiger partial charge in [-0.25, -0.2) is 9.59 Å². The summed E-state index contributed by atoms with van der Waals surface area (Å²) in [6.45, 7) is 6.51. The summed E-state index contributed by atoms with van der Waals surface area (Å²) in [6, 6.07) is 7.98. The van der Waals surface area contributed by atoms with Crippen LogP contribution in [0.3, 0.4) is 0 Å². The van der Waals surface area contributed by atoms with Crippen molar-refractivity contribution in [3.05, 3.63) is 35.4 Å². The SMILES string of the molecule is CCOC(=O)[C@@H](OC(=O)C(C#N)=Cc1ccc(OC(C)=O)cc1)C(C)C. The van der Waals surface area contributed by atoms with E-state index >= 15 is 0 Å². The Labute approximate surface area is 152 Å². The first-order valence-corrected chi connectivity index (χ1v) is 8.06. The molecule has 7 heteroatoms. The van der Waals surface area contributed by atoms with Crippen LogP contribution in [-0.2, 0) is 23.9 Å². The summed E-state index contributed by atoms with van der Waals surface area (Å²) in [5.74, 6) is -1.98. The summed E-state index contributed by atoms with van der Waals surface area (Å²) < 4.78 is 14.9. The van der Waals surface area contributed by atoms with E-state index in [9.17, 15) is 19.6 Å². The monoisotopic (exact) mass is 359 g/mol. The number of rotatable bonds is 7. The van der Waals surface area contributed by atoms with Gasteiger partial charge in [0.05, 0.1) is 6.61 Å². The van der Waals surface area contributed by atoms with Gasteiger partial charge in [-0.1, -0.05) is 26.0 Å². The lowest BCUT2D eigenvalue weighted by atomic mass is 10.1. The Balaban J connectivity index is 2.93. The molecular formula is C19H21NO6. The summed E-state index contributed by atoms with van der Waals surface area (Å²) >= 11 is 0. The van der Waals surface area contributed by atoms with E-state index in [0.717, 1.165) is 0 Å². The Bertz CT molecular complexity index is 727. The lowest BCUT2D eigenvalue weighted by Crippen LogP contribution is -2.34. The van der Waals surface area contributed by atoms with Crippen molar-refractivity contribution in [1.29, 1.82) is 5.26 Å². The minimum atomic E-state index is -1.09. The lowest BCUT2D eigenvalue weighted by molar-refractivity contribution is -0.168. The number of hydrogen-bond donors (Lipinski definition) is 0. The van der Waals surface area contributed by atoms with E-state index in [2.05, 4.69) is 0 Å². The van der Waals surface area contributed by atoms with Gasteiger partial charge in [0.1, 0.15) is 17.4 Å². The number of benzene rings is 1. The second kappa shape index (κ2) is 9.99. The highest BCUT2D eigenvalue weighted by atomic mass is 16.6. The van der Waals surface area contributed by atoms with Gasteiger partial charge in [0, 0.05) is 12.8 Å². The van der Waals surface area contributed by atoms with Gasteiger partial charge in [-0.2, -0.15) is 5.26 Å². The van der Waals surface area contributed by atoms with Gasteiger partial charge in [-0.3, -0.25) is 4.79 Å². The maximum Gasteiger partial charge on any atom is 0.349 e. The molecule has 1 aromatic rings. The topological polar surface area (TPSA) is 103 Å². The smallest absolute Gasteiger partial charge is 0.349 e. The Morgan fingerprint density at radius 1 is 1.19 bits per heavy atom. The molecule has 0 aromatic heterocycles. The van der Waals surface area contributed by atoms with Crippen LogP contribution in [0, 0.1) is 17.2 Å². The molecule has 0 fully saturated rings. The van der Waals surface area contributed by atoms with Crippen molar-refractivity contribution in [3.63, 3.8) is 0 Å². The van der Waals surface area contributed by atoms with Crippen LogP contribution in [0.2, 0.25) is 0 Å². The third-order valence-electron chi connectivity index (χ3n) is 3.15. The molecule has 0 spiro atoms. The zero-order valence-corrected chi connectivity index (χ0v) is 15.1. The molecule has 0 aliphatic heterocycles. The quantitative estimate of drug-likeness (QED) is 0.319. The molecule has 0 bridgehead atoms. The Morgan fingerprint density at radius 2 is 1.81 bits per heavy atom. The lowest BCUT2D eigenvalue weighted by Gasteiger charge is -2.19. The molecule has 0 heterocycles. The van der Waals surface area contributed by atoms with Gasteiger partial charge in [-0.05, 0) is 30.7 Å². The molecule has 0 aliphatic carbocycles. The minimum Gasteiger partial charge on any atom is -0.463 e. The van der Waals surface area contributed by atoms with E-state index < -0.39 is 24.0 Å². The molecule has 26 heavy (non-hydrogen) atoms. The van der Waals surface area contributed by atoms with Crippen molar-refractivity contribution in [3.8, 4) is 11.8 Å². The highest BCUT2D eigenvalue weighted by Crippen LogP contribution is 2.17. The summed E-state index contributed by atoms with van der Waals surface area (Å²) in [4.78, 5) is 35.0. The maximum atomic E-state index is 12.2. The predicted octanol–water partition coefficient (Wildman–Crippen LogP) is 2.65. The normalized spacial score (nSPS) is 12.1. The van der Waals surface area contributed by atoms with E-state index in [1.807, 2.05) is 0 Å². The van der Waals surface area contributed by atoms with Crippen LogP contribution in [0.15, 0.2) is 29.8 Å². The number of hydrogen-bond acceptors (Lipinski definition) is 7. The molecule has 0 amide bonds. The fourth-order valence-electron chi connectivity index (χ4n) is 1.96. The standard InChI is InChI=1S/C19H21NO6/c1-5-24-19(23)17(12(2)3)26-18(22)15(11-20)10-14-6-8-16(9-7-14)25-13(4)21/h6-10,12,17H,5H2,1-4H3/t17-/m0/s1. The molecule has 7 nitrogen and oxygen atoms in total. The molecular weight excluding hydrogens is 338 g/mol. The third kappa shape index (κ3) is 6.40. The van der Waals surface area contributed by atoms with E-state index in [4.69, 9.17) is 14.2 Å². The summed E-state index contributed by atoms with van der Waals surface area (Å²) in [6.07, 6.45) is 0.230. The van der Waals surface area contributed by atoms with E-state index in [1.54, 1.807) is 39.0 Å². The van der Waals surface area contributed by atoms with Gasteiger partial charge in [0.15, 0.2) is 0 Å². The summed E-state index contributed by atoms with van der Waals surface area (Å²) in [5.41, 5.74) is 0.270. The van der Waals surface area contributed by atoms with Gasteiger partial charge < -0.3 is 14.2 Å². The van der Waals surface area contributed by atoms with Crippen LogP contribution in [-0.4, -0.2) is 30.6 Å². The average Bonchev–Trinajstić information content (AvgIpc) is 2.58. The fourth-order valence-corrected chi connectivity index (χ4v) is 1.96. The Morgan fingerprint density at radius 3 is 2.27 bits per heavy atom. The number of esters is 3. The van der Waals surface area contributed by atoms with Crippen LogP contribution < -0.4 is 4.74 Å². The molecule has 0 aliphatic rings. The maximum absolute atomic E-state index is 12.2. The van der Waals surface area contributed by atoms with Crippen molar-refractivity contribution in [1.82, 2.24) is 0 Å². The van der Waals surface area contributed by atoms with Gasteiger partial charge in [0.2, 0.25) is 6.10 Å². The molecule has 1 rings (SSSR count). The van der Waals surface area contributed by atoms with Crippen molar-refractivity contribution < 1.29 is 28.6 Å². The molecule has 1 atom stereocenters. The van der Waals surface area contributed by atoms with Crippen LogP contribution >= 0.6 is 0 Å². The number of carbonyl (C=O) groups is 3. The minimum absolute atomic E-state index is 0.162. The van der Waals surface area contributed by atoms with E-state index in [0.29, 0.717) is 11.3 Å². The summed E-state index contributed by atoms with van der Waals surface area (Å²) in [5, 5.41) is 9.22. The van der Waals surface area contributed by atoms with Crippen molar-refractivity contribution >= 4 is 24.0 Å². The van der Waals surface area contributed by atoms with Crippen molar-refractivity contribution in [2.75, 3.05) is 6.61 Å². The largest absolute Gasteiger partial charge is 0.463 e. The van der Waals surface area contributed by atoms with E-state index in [1.165, 1.54) is 25.1 Å². The zero-order chi connectivity index (χ0) is 19.7. The van der Waals surface area contributed by atoms with Gasteiger partial charge in [0.25, 0.3) is 0 Å². The van der Waals surface area contributed by atoms with Crippen LogP contribution in [0.4, 0.5) is 0 Å². The van der Waals surface area contributed by atoms with Crippen LogP contribution in [0.1, 0.15) is 33.3 Å². The fraction of sp³-hybridized carbons (Fsp3) is 0.368. The molecule has 0 saturated heterocycles. The highest BCUT2D eigenvalue weighted by molar-refractivity contribution is 5.99. The van der Waals surface area contributed by atoms with Crippen molar-refractivity contribution in [2.45, 2.75) is 33.8 Å².